The summed E-state index contributed by atoms with van der Waals surface area (Å²) < 4.78 is 44.0. The molecule has 7 heteroatoms. The fourth-order valence-electron chi connectivity index (χ4n) is 2.93. The third-order valence-corrected chi connectivity index (χ3v) is 5.05. The number of nitrogens with one attached hydrogen (secondary N) is 1. The molecule has 0 amide bonds. The van der Waals surface area contributed by atoms with E-state index in [4.69, 9.17) is 4.74 Å². The van der Waals surface area contributed by atoms with Gasteiger partial charge in [-0.05, 0) is 29.1 Å². The second-order valence-corrected chi connectivity index (χ2v) is 6.66. The van der Waals surface area contributed by atoms with Gasteiger partial charge in [0.15, 0.2) is 5.78 Å². The molecule has 1 aliphatic rings. The molecule has 0 spiro atoms. The average Bonchev–Trinajstić information content (AvgIpc) is 3.20. The number of thiophene rings is 1. The molecule has 0 bridgehead atoms. The number of alkyl halides is 3. The Labute approximate surface area is 147 Å². The van der Waals surface area contributed by atoms with Crippen LogP contribution in [0.25, 0.3) is 5.57 Å². The lowest BCUT2D eigenvalue weighted by Crippen LogP contribution is -2.16. The molecule has 0 radical (unpaired) electrons. The molecule has 1 N–H and O–H groups in total. The molecule has 3 rings (SSSR count). The SMILES string of the molecule is COCNC1=C(c2cccc(C(F)(F)F)c2)C(=O)C(c2cccs2)C1. The van der Waals surface area contributed by atoms with Crippen LogP contribution in [0.15, 0.2) is 47.5 Å². The molecule has 1 unspecified atom stereocenters. The van der Waals surface area contributed by atoms with E-state index in [9.17, 15) is 18.0 Å². The second-order valence-electron chi connectivity index (χ2n) is 5.68. The van der Waals surface area contributed by atoms with Crippen molar-refractivity contribution in [3.05, 3.63) is 63.5 Å². The van der Waals surface area contributed by atoms with Gasteiger partial charge in [0.25, 0.3) is 0 Å². The summed E-state index contributed by atoms with van der Waals surface area (Å²) in [4.78, 5) is 13.8. The van der Waals surface area contributed by atoms with Crippen molar-refractivity contribution in [2.45, 2.75) is 18.5 Å². The minimum atomic E-state index is -4.45. The number of rotatable bonds is 5. The molecule has 1 aromatic heterocycles. The van der Waals surface area contributed by atoms with Crippen molar-refractivity contribution < 1.29 is 22.7 Å². The molecule has 1 atom stereocenters. The third kappa shape index (κ3) is 3.62. The number of Topliss-reactive ketones (excluding diaryl/α,β-unsaturated/α-hetero) is 1. The summed E-state index contributed by atoms with van der Waals surface area (Å²) in [5, 5.41) is 4.90. The van der Waals surface area contributed by atoms with Crippen LogP contribution in [0.5, 0.6) is 0 Å². The topological polar surface area (TPSA) is 38.3 Å². The number of methoxy groups -OCH3 is 1. The monoisotopic (exact) mass is 367 g/mol. The van der Waals surface area contributed by atoms with Gasteiger partial charge in [-0.3, -0.25) is 4.79 Å². The highest BCUT2D eigenvalue weighted by Gasteiger charge is 2.37. The van der Waals surface area contributed by atoms with Crippen LogP contribution in [0.3, 0.4) is 0 Å². The van der Waals surface area contributed by atoms with E-state index in [-0.39, 0.29) is 24.0 Å². The number of carbonyl (C=O) groups is 1. The number of carbonyl (C=O) groups excluding carboxylic acids is 1. The third-order valence-electron chi connectivity index (χ3n) is 4.07. The molecular weight excluding hydrogens is 351 g/mol. The van der Waals surface area contributed by atoms with Crippen LogP contribution in [-0.4, -0.2) is 19.6 Å². The van der Waals surface area contributed by atoms with Crippen molar-refractivity contribution in [3.8, 4) is 0 Å². The first-order chi connectivity index (χ1) is 11.9. The van der Waals surface area contributed by atoms with Crippen molar-refractivity contribution in [2.24, 2.45) is 0 Å². The van der Waals surface area contributed by atoms with E-state index in [1.54, 1.807) is 0 Å². The summed E-state index contributed by atoms with van der Waals surface area (Å²) in [5.74, 6) is -0.538. The number of benzene rings is 1. The van der Waals surface area contributed by atoms with E-state index >= 15 is 0 Å². The first kappa shape index (κ1) is 17.7. The van der Waals surface area contributed by atoms with Crippen LogP contribution in [0, 0.1) is 0 Å². The quantitative estimate of drug-likeness (QED) is 0.795. The molecule has 1 heterocycles. The maximum Gasteiger partial charge on any atom is 0.416 e. The van der Waals surface area contributed by atoms with Crippen molar-refractivity contribution in [3.63, 3.8) is 0 Å². The molecule has 0 fully saturated rings. The molecule has 1 aromatic carbocycles. The minimum Gasteiger partial charge on any atom is -0.365 e. The Morgan fingerprint density at radius 1 is 1.28 bits per heavy atom. The van der Waals surface area contributed by atoms with Gasteiger partial charge >= 0.3 is 6.18 Å². The predicted octanol–water partition coefficient (Wildman–Crippen LogP) is 4.43. The van der Waals surface area contributed by atoms with Crippen molar-refractivity contribution in [1.29, 1.82) is 0 Å². The van der Waals surface area contributed by atoms with E-state index < -0.39 is 11.7 Å². The molecule has 0 aliphatic heterocycles. The molecule has 0 saturated heterocycles. The molecule has 132 valence electrons. The van der Waals surface area contributed by atoms with E-state index in [2.05, 4.69) is 5.32 Å². The summed E-state index contributed by atoms with van der Waals surface area (Å²) in [7, 11) is 1.50. The Morgan fingerprint density at radius 2 is 2.08 bits per heavy atom. The zero-order valence-electron chi connectivity index (χ0n) is 13.4. The van der Waals surface area contributed by atoms with E-state index in [0.717, 1.165) is 17.0 Å². The lowest BCUT2D eigenvalue weighted by atomic mass is 9.97. The molecule has 25 heavy (non-hydrogen) atoms. The summed E-state index contributed by atoms with van der Waals surface area (Å²) >= 11 is 1.47. The van der Waals surface area contributed by atoms with Gasteiger partial charge in [0.05, 0.1) is 11.5 Å². The summed E-state index contributed by atoms with van der Waals surface area (Å²) in [6.07, 6.45) is -4.03. The van der Waals surface area contributed by atoms with Gasteiger partial charge in [0, 0.05) is 29.7 Å². The smallest absolute Gasteiger partial charge is 0.365 e. The highest BCUT2D eigenvalue weighted by molar-refractivity contribution is 7.10. The van der Waals surface area contributed by atoms with Gasteiger partial charge in [-0.1, -0.05) is 18.2 Å². The Bertz CT molecular complexity index is 797. The Hall–Kier alpha value is -2.12. The minimum absolute atomic E-state index is 0.166. The van der Waals surface area contributed by atoms with Crippen molar-refractivity contribution >= 4 is 22.7 Å². The molecule has 1 aliphatic carbocycles. The standard InChI is InChI=1S/C18H16F3NO2S/c1-24-10-22-14-9-13(15-6-3-7-25-15)17(23)16(14)11-4-2-5-12(8-11)18(19,20)21/h2-8,13,22H,9-10H2,1H3. The number of ketones is 1. The van der Waals surface area contributed by atoms with Gasteiger partial charge in [0.1, 0.15) is 6.73 Å². The van der Waals surface area contributed by atoms with Gasteiger partial charge in [-0.15, -0.1) is 11.3 Å². The summed E-state index contributed by atoms with van der Waals surface area (Å²) in [6.45, 7) is 0.183. The molecular formula is C18H16F3NO2S. The number of allylic oxidation sites excluding steroid dienone is 2. The molecule has 2 aromatic rings. The van der Waals surface area contributed by atoms with Crippen LogP contribution in [0.1, 0.15) is 28.3 Å². The van der Waals surface area contributed by atoms with Crippen LogP contribution >= 0.6 is 11.3 Å². The lowest BCUT2D eigenvalue weighted by molar-refractivity contribution is -0.137. The van der Waals surface area contributed by atoms with Gasteiger partial charge in [-0.25, -0.2) is 0 Å². The number of ether oxygens (including phenoxy) is 1. The van der Waals surface area contributed by atoms with Gasteiger partial charge < -0.3 is 10.1 Å². The fourth-order valence-corrected chi connectivity index (χ4v) is 3.75. The van der Waals surface area contributed by atoms with Crippen molar-refractivity contribution in [1.82, 2.24) is 5.32 Å². The molecule has 0 saturated carbocycles. The lowest BCUT2D eigenvalue weighted by Gasteiger charge is -2.11. The van der Waals surface area contributed by atoms with Gasteiger partial charge in [0.2, 0.25) is 0 Å². The van der Waals surface area contributed by atoms with Crippen LogP contribution in [-0.2, 0) is 15.7 Å². The zero-order chi connectivity index (χ0) is 18.0. The normalized spacial score (nSPS) is 18.1. The van der Waals surface area contributed by atoms with Gasteiger partial charge in [-0.2, -0.15) is 13.2 Å². The van der Waals surface area contributed by atoms with E-state index in [1.165, 1.54) is 30.6 Å². The van der Waals surface area contributed by atoms with Crippen LogP contribution < -0.4 is 5.32 Å². The highest BCUT2D eigenvalue weighted by Crippen LogP contribution is 2.41. The number of hydrogen-bond acceptors (Lipinski definition) is 4. The van der Waals surface area contributed by atoms with Crippen LogP contribution in [0.2, 0.25) is 0 Å². The largest absolute Gasteiger partial charge is 0.416 e. The van der Waals surface area contributed by atoms with Crippen molar-refractivity contribution in [2.75, 3.05) is 13.8 Å². The first-order valence-corrected chi connectivity index (χ1v) is 8.51. The Kier molecular flexibility index (Phi) is 4.96. The molecule has 3 nitrogen and oxygen atoms in total. The summed E-state index contributed by atoms with van der Waals surface area (Å²) in [6, 6.07) is 8.62. The predicted molar refractivity (Wildman–Crippen MR) is 90.1 cm³/mol. The number of hydrogen-bond donors (Lipinski definition) is 1. The van der Waals surface area contributed by atoms with E-state index in [1.807, 2.05) is 17.5 Å². The average molecular weight is 367 g/mol. The zero-order valence-corrected chi connectivity index (χ0v) is 14.2. The maximum absolute atomic E-state index is 13.0. The Balaban J connectivity index is 2.01. The summed E-state index contributed by atoms with van der Waals surface area (Å²) in [5.41, 5.74) is 0.430. The fraction of sp³-hybridized carbons (Fsp3) is 0.278. The Morgan fingerprint density at radius 3 is 2.72 bits per heavy atom. The highest BCUT2D eigenvalue weighted by atomic mass is 32.1. The maximum atomic E-state index is 13.0. The second kappa shape index (κ2) is 7.01. The number of halogens is 3. The first-order valence-electron chi connectivity index (χ1n) is 7.63. The van der Waals surface area contributed by atoms with Crippen LogP contribution in [0.4, 0.5) is 13.2 Å². The van der Waals surface area contributed by atoms with E-state index in [0.29, 0.717) is 17.7 Å².